The average Bonchev–Trinajstić information content (AvgIpc) is 2.97. The van der Waals surface area contributed by atoms with Crippen molar-refractivity contribution < 1.29 is 13.2 Å². The van der Waals surface area contributed by atoms with E-state index in [1.54, 1.807) is 6.92 Å². The minimum atomic E-state index is -3.04. The first kappa shape index (κ1) is 17.5. The third-order valence-corrected chi connectivity index (χ3v) is 7.62. The first-order chi connectivity index (χ1) is 11.3. The molecule has 130 valence electrons. The number of hydrogen-bond donors (Lipinski definition) is 0. The highest BCUT2D eigenvalue weighted by atomic mass is 32.2. The Labute approximate surface area is 147 Å². The number of aliphatic imine (C=N–C) groups is 1. The van der Waals surface area contributed by atoms with Crippen molar-refractivity contribution in [2.75, 3.05) is 16.4 Å². The molecule has 2 unspecified atom stereocenters. The summed E-state index contributed by atoms with van der Waals surface area (Å²) in [6.45, 7) is 6.00. The van der Waals surface area contributed by atoms with Crippen LogP contribution in [-0.2, 0) is 14.6 Å². The molecular weight excluding hydrogens is 344 g/mol. The van der Waals surface area contributed by atoms with Gasteiger partial charge in [-0.2, -0.15) is 4.99 Å². The summed E-state index contributed by atoms with van der Waals surface area (Å²) in [4.78, 5) is 18.1. The van der Waals surface area contributed by atoms with Crippen LogP contribution in [0.1, 0.15) is 38.7 Å². The Bertz CT molecular complexity index is 787. The number of carbonyl (C=O) groups is 1. The maximum absolute atomic E-state index is 12.1. The molecule has 0 aromatic heterocycles. The maximum atomic E-state index is 12.1. The van der Waals surface area contributed by atoms with Crippen LogP contribution in [0.5, 0.6) is 0 Å². The summed E-state index contributed by atoms with van der Waals surface area (Å²) in [6.07, 6.45) is 0.345. The van der Waals surface area contributed by atoms with Gasteiger partial charge in [-0.15, -0.1) is 0 Å². The van der Waals surface area contributed by atoms with Crippen molar-refractivity contribution >= 4 is 38.4 Å². The smallest absolute Gasteiger partial charge is 0.247 e. The van der Waals surface area contributed by atoms with E-state index in [1.807, 2.05) is 23.1 Å². The van der Waals surface area contributed by atoms with Crippen molar-refractivity contribution in [3.05, 3.63) is 29.8 Å². The van der Waals surface area contributed by atoms with Crippen LogP contribution in [0.15, 0.2) is 29.3 Å². The number of carbonyl (C=O) groups excluding carboxylic acids is 1. The van der Waals surface area contributed by atoms with Crippen LogP contribution < -0.4 is 4.90 Å². The minimum Gasteiger partial charge on any atom is -0.315 e. The van der Waals surface area contributed by atoms with Gasteiger partial charge in [0.2, 0.25) is 5.91 Å². The van der Waals surface area contributed by atoms with Crippen LogP contribution >= 0.6 is 11.8 Å². The number of thioether (sulfide) groups is 1. The summed E-state index contributed by atoms with van der Waals surface area (Å²) in [6, 6.07) is 7.83. The van der Waals surface area contributed by atoms with Crippen molar-refractivity contribution in [2.45, 2.75) is 44.4 Å². The summed E-state index contributed by atoms with van der Waals surface area (Å²) in [5, 5.41) is 0.582. The van der Waals surface area contributed by atoms with Gasteiger partial charge in [0, 0.05) is 17.4 Å². The fourth-order valence-electron chi connectivity index (χ4n) is 3.23. The second-order valence-corrected chi connectivity index (χ2v) is 9.89. The zero-order valence-electron chi connectivity index (χ0n) is 14.1. The highest BCUT2D eigenvalue weighted by Gasteiger charge is 2.49. The lowest BCUT2D eigenvalue weighted by atomic mass is 9.99. The van der Waals surface area contributed by atoms with Gasteiger partial charge in [-0.3, -0.25) is 4.79 Å². The molecule has 1 aromatic carbocycles. The number of hydrogen-bond acceptors (Lipinski definition) is 4. The maximum Gasteiger partial charge on any atom is 0.247 e. The molecule has 1 amide bonds. The topological polar surface area (TPSA) is 66.8 Å². The molecule has 7 heteroatoms. The monoisotopic (exact) mass is 366 g/mol. The van der Waals surface area contributed by atoms with Crippen molar-refractivity contribution in [2.24, 2.45) is 4.99 Å². The lowest BCUT2D eigenvalue weighted by Crippen LogP contribution is -2.38. The highest BCUT2D eigenvalue weighted by molar-refractivity contribution is 8.16. The second-order valence-electron chi connectivity index (χ2n) is 6.53. The van der Waals surface area contributed by atoms with E-state index < -0.39 is 9.84 Å². The molecule has 0 spiro atoms. The zero-order valence-corrected chi connectivity index (χ0v) is 15.7. The molecule has 0 saturated carbocycles. The standard InChI is InChI=1S/C17H22N2O3S2/c1-4-16(20)18-17-19(13-8-6-5-7-12(13)11(2)3)14-9-24(21,22)10-15(14)23-17/h5-8,11,14-15H,4,9-10H2,1-3H3. The molecule has 3 rings (SSSR count). The van der Waals surface area contributed by atoms with E-state index >= 15 is 0 Å². The minimum absolute atomic E-state index is 0.0568. The van der Waals surface area contributed by atoms with Crippen LogP contribution in [-0.4, -0.2) is 42.3 Å². The molecule has 2 atom stereocenters. The number of anilines is 1. The summed E-state index contributed by atoms with van der Waals surface area (Å²) >= 11 is 1.43. The van der Waals surface area contributed by atoms with E-state index in [1.165, 1.54) is 11.8 Å². The Kier molecular flexibility index (Phi) is 4.75. The summed E-state index contributed by atoms with van der Waals surface area (Å²) in [5.41, 5.74) is 2.10. The molecule has 0 aliphatic carbocycles. The van der Waals surface area contributed by atoms with Gasteiger partial charge in [-0.05, 0) is 17.5 Å². The Balaban J connectivity index is 2.09. The first-order valence-electron chi connectivity index (χ1n) is 8.19. The third kappa shape index (κ3) is 3.24. The van der Waals surface area contributed by atoms with Crippen molar-refractivity contribution in [3.8, 4) is 0 Å². The highest BCUT2D eigenvalue weighted by Crippen LogP contribution is 2.43. The molecule has 2 heterocycles. The Morgan fingerprint density at radius 3 is 2.71 bits per heavy atom. The number of fused-ring (bicyclic) bond motifs is 1. The Hall–Kier alpha value is -1.34. The van der Waals surface area contributed by atoms with Crippen molar-refractivity contribution in [1.82, 2.24) is 0 Å². The van der Waals surface area contributed by atoms with Gasteiger partial charge >= 0.3 is 0 Å². The molecular formula is C17H22N2O3S2. The molecule has 24 heavy (non-hydrogen) atoms. The van der Waals surface area contributed by atoms with Crippen LogP contribution in [0.2, 0.25) is 0 Å². The van der Waals surface area contributed by atoms with Gasteiger partial charge in [0.15, 0.2) is 15.0 Å². The number of amidine groups is 1. The summed E-state index contributed by atoms with van der Waals surface area (Å²) in [7, 11) is -3.04. The molecule has 2 fully saturated rings. The van der Waals surface area contributed by atoms with E-state index in [-0.39, 0.29) is 28.7 Å². The molecule has 2 saturated heterocycles. The largest absolute Gasteiger partial charge is 0.315 e. The van der Waals surface area contributed by atoms with Crippen LogP contribution in [0.4, 0.5) is 5.69 Å². The number of para-hydroxylation sites is 1. The molecule has 0 N–H and O–H groups in total. The van der Waals surface area contributed by atoms with Crippen molar-refractivity contribution in [1.29, 1.82) is 0 Å². The molecule has 0 radical (unpaired) electrons. The van der Waals surface area contributed by atoms with E-state index in [4.69, 9.17) is 0 Å². The Morgan fingerprint density at radius 1 is 1.33 bits per heavy atom. The van der Waals surface area contributed by atoms with E-state index in [0.29, 0.717) is 17.5 Å². The van der Waals surface area contributed by atoms with Gasteiger partial charge in [-0.1, -0.05) is 50.7 Å². The predicted molar refractivity (Wildman–Crippen MR) is 99.6 cm³/mol. The summed E-state index contributed by atoms with van der Waals surface area (Å²) in [5.74, 6) is 0.400. The average molecular weight is 367 g/mol. The summed E-state index contributed by atoms with van der Waals surface area (Å²) < 4.78 is 24.2. The van der Waals surface area contributed by atoms with Crippen LogP contribution in [0.25, 0.3) is 0 Å². The van der Waals surface area contributed by atoms with Gasteiger partial charge < -0.3 is 4.90 Å². The third-order valence-electron chi connectivity index (χ3n) is 4.41. The van der Waals surface area contributed by atoms with Gasteiger partial charge in [-0.25, -0.2) is 8.42 Å². The number of benzene rings is 1. The number of nitrogens with zero attached hydrogens (tertiary/aromatic N) is 2. The van der Waals surface area contributed by atoms with E-state index in [9.17, 15) is 13.2 Å². The lowest BCUT2D eigenvalue weighted by Gasteiger charge is -2.28. The van der Waals surface area contributed by atoms with E-state index in [2.05, 4.69) is 24.9 Å². The fraction of sp³-hybridized carbons (Fsp3) is 0.529. The molecule has 5 nitrogen and oxygen atoms in total. The zero-order chi connectivity index (χ0) is 17.5. The van der Waals surface area contributed by atoms with Gasteiger partial charge in [0.25, 0.3) is 0 Å². The number of rotatable bonds is 3. The van der Waals surface area contributed by atoms with Crippen molar-refractivity contribution in [3.63, 3.8) is 0 Å². The molecule has 2 aliphatic rings. The van der Waals surface area contributed by atoms with E-state index in [0.717, 1.165) is 11.3 Å². The van der Waals surface area contributed by atoms with Crippen LogP contribution in [0.3, 0.4) is 0 Å². The SMILES string of the molecule is CCC(=O)N=C1SC2CS(=O)(=O)CC2N1c1ccccc1C(C)C. The van der Waals surface area contributed by atoms with Gasteiger partial charge in [0.05, 0.1) is 17.5 Å². The Morgan fingerprint density at radius 2 is 2.04 bits per heavy atom. The van der Waals surface area contributed by atoms with Crippen LogP contribution in [0, 0.1) is 0 Å². The predicted octanol–water partition coefficient (Wildman–Crippen LogP) is 2.82. The normalized spacial score (nSPS) is 27.0. The first-order valence-corrected chi connectivity index (χ1v) is 10.9. The fourth-order valence-corrected chi connectivity index (χ4v) is 7.15. The second kappa shape index (κ2) is 6.52. The van der Waals surface area contributed by atoms with Gasteiger partial charge in [0.1, 0.15) is 0 Å². The lowest BCUT2D eigenvalue weighted by molar-refractivity contribution is -0.117. The number of sulfone groups is 1. The number of amides is 1. The quantitative estimate of drug-likeness (QED) is 0.823. The molecule has 2 aliphatic heterocycles. The molecule has 1 aromatic rings. The molecule has 0 bridgehead atoms.